The van der Waals surface area contributed by atoms with Crippen LogP contribution in [0.4, 0.5) is 0 Å². The van der Waals surface area contributed by atoms with E-state index in [2.05, 4.69) is 0 Å². The third kappa shape index (κ3) is 12.7. The summed E-state index contributed by atoms with van der Waals surface area (Å²) in [4.78, 5) is 0. The zero-order chi connectivity index (χ0) is 16.0. The zero-order valence-corrected chi connectivity index (χ0v) is 13.8. The van der Waals surface area contributed by atoms with Crippen LogP contribution in [0.1, 0.15) is 33.1 Å². The van der Waals surface area contributed by atoms with E-state index in [1.54, 1.807) is 7.11 Å². The molecule has 21 heavy (non-hydrogen) atoms. The number of rotatable bonds is 15. The molecule has 0 aliphatic rings. The van der Waals surface area contributed by atoms with E-state index < -0.39 is 0 Å². The minimum absolute atomic E-state index is 0.202. The first-order valence-electron chi connectivity index (χ1n) is 7.57. The maximum Gasteiger partial charge on any atom is 0.0963 e. The molecule has 0 aliphatic heterocycles. The predicted octanol–water partition coefficient (Wildman–Crippen LogP) is 1.82. The van der Waals surface area contributed by atoms with Crippen molar-refractivity contribution in [2.45, 2.75) is 33.1 Å². The van der Waals surface area contributed by atoms with Crippen molar-refractivity contribution in [1.82, 2.24) is 0 Å². The van der Waals surface area contributed by atoms with E-state index >= 15 is 0 Å². The maximum absolute atomic E-state index is 7.47. The van der Waals surface area contributed by atoms with Gasteiger partial charge in [-0.2, -0.15) is 0 Å². The Hall–Kier alpha value is -0.690. The summed E-state index contributed by atoms with van der Waals surface area (Å²) in [5.41, 5.74) is 5.33. The van der Waals surface area contributed by atoms with Crippen LogP contribution in [0.5, 0.6) is 0 Å². The molecule has 0 heterocycles. The third-order valence-corrected chi connectivity index (χ3v) is 3.25. The van der Waals surface area contributed by atoms with Crippen molar-refractivity contribution in [1.29, 1.82) is 5.41 Å². The first-order valence-corrected chi connectivity index (χ1v) is 7.57. The number of nitrogens with one attached hydrogen (secondary N) is 1. The Morgan fingerprint density at radius 1 is 0.857 bits per heavy atom. The van der Waals surface area contributed by atoms with Gasteiger partial charge in [-0.3, -0.25) is 5.41 Å². The van der Waals surface area contributed by atoms with Gasteiger partial charge in [-0.05, 0) is 12.8 Å². The Kier molecular flexibility index (Phi) is 12.6. The van der Waals surface area contributed by atoms with Crippen LogP contribution in [-0.4, -0.2) is 59.2 Å². The molecule has 6 nitrogen and oxygen atoms in total. The largest absolute Gasteiger partial charge is 0.387 e. The van der Waals surface area contributed by atoms with E-state index in [4.69, 9.17) is 30.1 Å². The van der Waals surface area contributed by atoms with Gasteiger partial charge in [-0.15, -0.1) is 0 Å². The first kappa shape index (κ1) is 20.3. The van der Waals surface area contributed by atoms with Crippen LogP contribution in [0, 0.1) is 10.8 Å². The van der Waals surface area contributed by atoms with E-state index in [1.165, 1.54) is 0 Å². The lowest BCUT2D eigenvalue weighted by Crippen LogP contribution is -2.30. The Morgan fingerprint density at radius 2 is 1.33 bits per heavy atom. The van der Waals surface area contributed by atoms with Crippen LogP contribution < -0.4 is 5.73 Å². The first-order chi connectivity index (χ1) is 10.0. The second kappa shape index (κ2) is 13.0. The van der Waals surface area contributed by atoms with Gasteiger partial charge in [0.1, 0.15) is 0 Å². The van der Waals surface area contributed by atoms with Gasteiger partial charge in [0, 0.05) is 19.1 Å². The average Bonchev–Trinajstić information content (AvgIpc) is 2.43. The molecule has 126 valence electrons. The molecular formula is C15H32N2O4. The van der Waals surface area contributed by atoms with Crippen LogP contribution in [0.3, 0.4) is 0 Å². The molecule has 0 unspecified atom stereocenters. The van der Waals surface area contributed by atoms with Crippen molar-refractivity contribution in [2.75, 3.05) is 53.4 Å². The average molecular weight is 304 g/mol. The fourth-order valence-corrected chi connectivity index (χ4v) is 1.59. The Balaban J connectivity index is 3.18. The van der Waals surface area contributed by atoms with Crippen LogP contribution in [0.2, 0.25) is 0 Å². The quantitative estimate of drug-likeness (QED) is 0.274. The van der Waals surface area contributed by atoms with Gasteiger partial charge in [0.2, 0.25) is 0 Å². The number of unbranched alkanes of at least 4 members (excludes halogenated alkanes) is 1. The Labute approximate surface area is 128 Å². The molecule has 0 spiro atoms. The molecule has 0 aromatic rings. The van der Waals surface area contributed by atoms with Crippen molar-refractivity contribution in [3.05, 3.63) is 0 Å². The molecule has 0 atom stereocenters. The van der Waals surface area contributed by atoms with Gasteiger partial charge in [0.05, 0.1) is 45.5 Å². The zero-order valence-electron chi connectivity index (χ0n) is 13.8. The molecular weight excluding hydrogens is 272 g/mol. The highest BCUT2D eigenvalue weighted by Crippen LogP contribution is 2.22. The van der Waals surface area contributed by atoms with E-state index in [0.717, 1.165) is 25.9 Å². The number of methoxy groups -OCH3 is 1. The molecule has 0 aromatic carbocycles. The molecule has 6 heteroatoms. The van der Waals surface area contributed by atoms with Crippen molar-refractivity contribution in [3.63, 3.8) is 0 Å². The molecule has 3 N–H and O–H groups in total. The second-order valence-corrected chi connectivity index (χ2v) is 5.58. The minimum atomic E-state index is -0.202. The highest BCUT2D eigenvalue weighted by Gasteiger charge is 2.20. The number of hydrogen-bond acceptors (Lipinski definition) is 5. The summed E-state index contributed by atoms with van der Waals surface area (Å²) in [5.74, 6) is 0.254. The summed E-state index contributed by atoms with van der Waals surface area (Å²) in [6, 6.07) is 0. The van der Waals surface area contributed by atoms with E-state index in [9.17, 15) is 0 Å². The maximum atomic E-state index is 7.47. The summed E-state index contributed by atoms with van der Waals surface area (Å²) in [6.07, 6.45) is 2.92. The van der Waals surface area contributed by atoms with Gasteiger partial charge in [0.15, 0.2) is 0 Å². The molecule has 0 saturated carbocycles. The monoisotopic (exact) mass is 304 g/mol. The highest BCUT2D eigenvalue weighted by molar-refractivity contribution is 5.82. The van der Waals surface area contributed by atoms with Crippen molar-refractivity contribution < 1.29 is 18.9 Å². The lowest BCUT2D eigenvalue weighted by molar-refractivity contribution is 0.00314. The second-order valence-electron chi connectivity index (χ2n) is 5.58. The van der Waals surface area contributed by atoms with Crippen molar-refractivity contribution in [3.8, 4) is 0 Å². The Morgan fingerprint density at radius 3 is 1.81 bits per heavy atom. The van der Waals surface area contributed by atoms with E-state index in [0.29, 0.717) is 39.6 Å². The summed E-state index contributed by atoms with van der Waals surface area (Å²) in [5, 5.41) is 7.47. The molecule has 0 saturated heterocycles. The molecule has 0 aromatic heterocycles. The molecule has 0 bridgehead atoms. The standard InChI is InChI=1S/C15H32N2O4/c1-15(2,14(16)17)6-4-5-7-19-10-11-21-13-12-20-9-8-18-3/h4-13H2,1-3H3,(H3,16,17). The predicted molar refractivity (Wildman–Crippen MR) is 83.9 cm³/mol. The molecule has 0 amide bonds. The van der Waals surface area contributed by atoms with Crippen LogP contribution >= 0.6 is 0 Å². The molecule has 0 fully saturated rings. The lowest BCUT2D eigenvalue weighted by atomic mass is 9.86. The smallest absolute Gasteiger partial charge is 0.0963 e. The van der Waals surface area contributed by atoms with Gasteiger partial charge >= 0.3 is 0 Å². The normalized spacial score (nSPS) is 11.8. The summed E-state index contributed by atoms with van der Waals surface area (Å²) >= 11 is 0. The van der Waals surface area contributed by atoms with Crippen LogP contribution in [0.15, 0.2) is 0 Å². The number of hydrogen-bond donors (Lipinski definition) is 2. The lowest BCUT2D eigenvalue weighted by Gasteiger charge is -2.22. The summed E-state index contributed by atoms with van der Waals surface area (Å²) in [7, 11) is 1.65. The van der Waals surface area contributed by atoms with Crippen molar-refractivity contribution >= 4 is 5.84 Å². The van der Waals surface area contributed by atoms with Crippen molar-refractivity contribution in [2.24, 2.45) is 11.1 Å². The Bertz CT molecular complexity index is 260. The SMILES string of the molecule is COCCOCCOCCOCCCCC(C)(C)C(=N)N. The fourth-order valence-electron chi connectivity index (χ4n) is 1.59. The highest BCUT2D eigenvalue weighted by atomic mass is 16.6. The van der Waals surface area contributed by atoms with Crippen LogP contribution in [0.25, 0.3) is 0 Å². The fraction of sp³-hybridized carbons (Fsp3) is 0.933. The van der Waals surface area contributed by atoms with E-state index in [1.807, 2.05) is 13.8 Å². The van der Waals surface area contributed by atoms with Crippen LogP contribution in [-0.2, 0) is 18.9 Å². The summed E-state index contributed by atoms with van der Waals surface area (Å²) < 4.78 is 21.0. The minimum Gasteiger partial charge on any atom is -0.387 e. The number of ether oxygens (including phenoxy) is 4. The third-order valence-electron chi connectivity index (χ3n) is 3.25. The molecule has 0 rings (SSSR count). The van der Waals surface area contributed by atoms with E-state index in [-0.39, 0.29) is 11.3 Å². The molecule has 0 radical (unpaired) electrons. The molecule has 0 aliphatic carbocycles. The number of amidine groups is 1. The van der Waals surface area contributed by atoms with Gasteiger partial charge in [-0.25, -0.2) is 0 Å². The van der Waals surface area contributed by atoms with Gasteiger partial charge in [0.25, 0.3) is 0 Å². The van der Waals surface area contributed by atoms with Gasteiger partial charge in [-0.1, -0.05) is 20.3 Å². The van der Waals surface area contributed by atoms with Gasteiger partial charge < -0.3 is 24.7 Å². The topological polar surface area (TPSA) is 86.8 Å². The summed E-state index contributed by atoms with van der Waals surface area (Å²) in [6.45, 7) is 8.31. The number of nitrogens with two attached hydrogens (primary N) is 1.